The molecule has 3 N–H and O–H groups in total. The summed E-state index contributed by atoms with van der Waals surface area (Å²) in [5.74, 6) is -1.42. The van der Waals surface area contributed by atoms with E-state index in [9.17, 15) is 22.0 Å². The summed E-state index contributed by atoms with van der Waals surface area (Å²) in [5, 5.41) is 7.65. The van der Waals surface area contributed by atoms with E-state index in [-0.39, 0.29) is 44.1 Å². The third kappa shape index (κ3) is 6.24. The molecule has 180 valence electrons. The lowest BCUT2D eigenvalue weighted by molar-refractivity contribution is 0.0950. The molecule has 0 aromatic heterocycles. The number of nitrogens with one attached hydrogen (secondary N) is 1. The smallest absolute Gasteiger partial charge is 0.253 e. The van der Waals surface area contributed by atoms with E-state index in [0.29, 0.717) is 5.56 Å². The molecule has 6 nitrogen and oxygen atoms in total. The number of rotatable bonds is 7. The summed E-state index contributed by atoms with van der Waals surface area (Å²) in [6.07, 6.45) is 0. The number of hydrogen-bond donors (Lipinski definition) is 2. The van der Waals surface area contributed by atoms with Crippen molar-refractivity contribution in [1.29, 1.82) is 0 Å². The van der Waals surface area contributed by atoms with Crippen LogP contribution in [0.2, 0.25) is 10.0 Å². The van der Waals surface area contributed by atoms with Crippen molar-refractivity contribution in [2.24, 2.45) is 5.14 Å². The van der Waals surface area contributed by atoms with E-state index in [4.69, 9.17) is 33.1 Å². The van der Waals surface area contributed by atoms with Crippen LogP contribution < -0.4 is 15.2 Å². The van der Waals surface area contributed by atoms with Gasteiger partial charge in [-0.05, 0) is 61.4 Å². The van der Waals surface area contributed by atoms with Crippen molar-refractivity contribution >= 4 is 39.1 Å². The maximum atomic E-state index is 14.3. The van der Waals surface area contributed by atoms with Crippen molar-refractivity contribution in [1.82, 2.24) is 5.32 Å². The van der Waals surface area contributed by atoms with Crippen molar-refractivity contribution < 1.29 is 26.7 Å². The Morgan fingerprint density at radius 1 is 1.09 bits per heavy atom. The summed E-state index contributed by atoms with van der Waals surface area (Å²) >= 11 is 12.5. The van der Waals surface area contributed by atoms with Gasteiger partial charge < -0.3 is 10.1 Å². The zero-order valence-corrected chi connectivity index (χ0v) is 20.4. The molecule has 0 saturated carbocycles. The molecule has 0 fully saturated rings. The highest BCUT2D eigenvalue weighted by Crippen LogP contribution is 2.40. The van der Waals surface area contributed by atoms with Crippen molar-refractivity contribution in [3.8, 4) is 11.5 Å². The summed E-state index contributed by atoms with van der Waals surface area (Å²) < 4.78 is 56.6. The Hall–Kier alpha value is -2.72. The van der Waals surface area contributed by atoms with E-state index >= 15 is 0 Å². The highest BCUT2D eigenvalue weighted by molar-refractivity contribution is 7.89. The third-order valence-corrected chi connectivity index (χ3v) is 6.38. The number of halogens is 4. The largest absolute Gasteiger partial charge is 0.454 e. The van der Waals surface area contributed by atoms with Crippen LogP contribution in [0.5, 0.6) is 11.5 Å². The molecule has 0 spiro atoms. The molecule has 11 heteroatoms. The molecule has 3 rings (SSSR count). The number of benzene rings is 3. The van der Waals surface area contributed by atoms with Crippen LogP contribution >= 0.6 is 23.2 Å². The molecule has 0 heterocycles. The van der Waals surface area contributed by atoms with Crippen molar-refractivity contribution in [3.05, 3.63) is 87.2 Å². The van der Waals surface area contributed by atoms with Gasteiger partial charge >= 0.3 is 0 Å². The normalized spacial score (nSPS) is 11.9. The van der Waals surface area contributed by atoms with Gasteiger partial charge in [-0.25, -0.2) is 22.3 Å². The van der Waals surface area contributed by atoms with Gasteiger partial charge in [-0.15, -0.1) is 0 Å². The molecule has 0 atom stereocenters. The summed E-state index contributed by atoms with van der Waals surface area (Å²) in [6.45, 7) is 2.62. The van der Waals surface area contributed by atoms with Crippen molar-refractivity contribution in [2.75, 3.05) is 0 Å². The van der Waals surface area contributed by atoms with Crippen LogP contribution in [0.1, 0.15) is 35.3 Å². The number of carbonyl (C=O) groups is 1. The second-order valence-corrected chi connectivity index (χ2v) is 10.2. The second kappa shape index (κ2) is 9.87. The predicted octanol–water partition coefficient (Wildman–Crippen LogP) is 5.71. The first kappa shape index (κ1) is 25.9. The van der Waals surface area contributed by atoms with Crippen LogP contribution in [0.25, 0.3) is 0 Å². The lowest BCUT2D eigenvalue weighted by Gasteiger charge is -2.17. The molecule has 3 aromatic rings. The quantitative estimate of drug-likeness (QED) is 0.410. The molecule has 0 bridgehead atoms. The first-order valence-electron chi connectivity index (χ1n) is 9.81. The molecule has 1 amide bonds. The van der Waals surface area contributed by atoms with Crippen molar-refractivity contribution in [2.45, 2.75) is 31.0 Å². The number of alkyl halides is 1. The number of carbonyl (C=O) groups excluding carboxylic acids is 1. The van der Waals surface area contributed by atoms with Gasteiger partial charge in [-0.2, -0.15) is 0 Å². The minimum atomic E-state index is -3.82. The fourth-order valence-electron chi connectivity index (χ4n) is 2.96. The predicted molar refractivity (Wildman–Crippen MR) is 126 cm³/mol. The molecule has 0 aliphatic heterocycles. The van der Waals surface area contributed by atoms with Gasteiger partial charge in [0.05, 0.1) is 20.5 Å². The van der Waals surface area contributed by atoms with Gasteiger partial charge in [-0.3, -0.25) is 4.79 Å². The number of hydrogen-bond acceptors (Lipinski definition) is 4. The number of amides is 1. The third-order valence-electron chi connectivity index (χ3n) is 4.78. The first-order valence-corrected chi connectivity index (χ1v) is 12.1. The van der Waals surface area contributed by atoms with Crippen LogP contribution in [0.3, 0.4) is 0 Å². The van der Waals surface area contributed by atoms with Crippen LogP contribution in [-0.2, 0) is 22.2 Å². The van der Waals surface area contributed by atoms with Crippen molar-refractivity contribution in [3.63, 3.8) is 0 Å². The van der Waals surface area contributed by atoms with Crippen LogP contribution in [0, 0.1) is 5.82 Å². The van der Waals surface area contributed by atoms with Gasteiger partial charge in [-0.1, -0.05) is 35.3 Å². The van der Waals surface area contributed by atoms with Crippen LogP contribution in [0.15, 0.2) is 59.5 Å². The van der Waals surface area contributed by atoms with E-state index in [1.165, 1.54) is 56.3 Å². The zero-order valence-electron chi connectivity index (χ0n) is 18.0. The SMILES string of the molecule is CC(C)(F)c1cc(F)cc(Oc2c(Cl)ccc(C(=O)NCc3ccc(S(N)(=O)=O)cc3)c2Cl)c1. The molecular weight excluding hydrogens is 509 g/mol. The average molecular weight is 529 g/mol. The summed E-state index contributed by atoms with van der Waals surface area (Å²) in [4.78, 5) is 12.6. The molecule has 0 aliphatic rings. The lowest BCUT2D eigenvalue weighted by Crippen LogP contribution is -2.23. The Morgan fingerprint density at radius 2 is 1.74 bits per heavy atom. The zero-order chi connectivity index (χ0) is 25.3. The topological polar surface area (TPSA) is 98.5 Å². The Kier molecular flexibility index (Phi) is 7.52. The number of nitrogens with two attached hydrogens (primary N) is 1. The van der Waals surface area contributed by atoms with E-state index in [1.807, 2.05) is 0 Å². The molecule has 34 heavy (non-hydrogen) atoms. The van der Waals surface area contributed by atoms with Gasteiger partial charge in [0.1, 0.15) is 17.2 Å². The summed E-state index contributed by atoms with van der Waals surface area (Å²) in [6, 6.07) is 11.8. The molecule has 0 unspecified atom stereocenters. The number of sulfonamides is 1. The maximum Gasteiger partial charge on any atom is 0.253 e. The Balaban J connectivity index is 1.81. The van der Waals surface area contributed by atoms with Gasteiger partial charge in [0.2, 0.25) is 10.0 Å². The number of ether oxygens (including phenoxy) is 1. The Labute approximate surface area is 205 Å². The van der Waals surface area contributed by atoms with E-state index < -0.39 is 27.4 Å². The van der Waals surface area contributed by atoms with E-state index in [0.717, 1.165) is 12.1 Å². The Bertz CT molecular complexity index is 1340. The van der Waals surface area contributed by atoms with Crippen LogP contribution in [0.4, 0.5) is 8.78 Å². The second-order valence-electron chi connectivity index (χ2n) is 7.86. The maximum absolute atomic E-state index is 14.3. The van der Waals surface area contributed by atoms with Gasteiger partial charge in [0.25, 0.3) is 5.91 Å². The number of primary sulfonamides is 1. The van der Waals surface area contributed by atoms with E-state index in [1.54, 1.807) is 0 Å². The average Bonchev–Trinajstić information content (AvgIpc) is 2.73. The van der Waals surface area contributed by atoms with E-state index in [2.05, 4.69) is 5.32 Å². The highest BCUT2D eigenvalue weighted by Gasteiger charge is 2.22. The minimum Gasteiger partial charge on any atom is -0.454 e. The minimum absolute atomic E-state index is 0.0321. The monoisotopic (exact) mass is 528 g/mol. The standard InChI is InChI=1S/C23H20Cl2F2N2O4S/c1-23(2,27)14-9-15(26)11-16(10-14)33-21-19(24)8-7-18(20(21)25)22(30)29-12-13-3-5-17(6-4-13)34(28,31)32/h3-11H,12H2,1-2H3,(H,29,30)(H2,28,31,32). The Morgan fingerprint density at radius 3 is 2.32 bits per heavy atom. The van der Waals surface area contributed by atoms with Crippen LogP contribution in [-0.4, -0.2) is 14.3 Å². The van der Waals surface area contributed by atoms with Gasteiger partial charge in [0, 0.05) is 12.6 Å². The fourth-order valence-corrected chi connectivity index (χ4v) is 4.01. The first-order chi connectivity index (χ1) is 15.8. The molecule has 0 aliphatic carbocycles. The summed E-state index contributed by atoms with van der Waals surface area (Å²) in [7, 11) is -3.82. The van der Waals surface area contributed by atoms with Gasteiger partial charge in [0.15, 0.2) is 5.75 Å². The lowest BCUT2D eigenvalue weighted by atomic mass is 10.00. The molecule has 0 saturated heterocycles. The molecule has 3 aromatic carbocycles. The fraction of sp³-hybridized carbons (Fsp3) is 0.174. The molecular formula is C23H20Cl2F2N2O4S. The molecule has 0 radical (unpaired) electrons. The highest BCUT2D eigenvalue weighted by atomic mass is 35.5. The summed E-state index contributed by atoms with van der Waals surface area (Å²) in [5.41, 5.74) is -1.12.